The highest BCUT2D eigenvalue weighted by atomic mass is 16.6. The number of benzene rings is 2. The lowest BCUT2D eigenvalue weighted by molar-refractivity contribution is -0.384. The highest BCUT2D eigenvalue weighted by Gasteiger charge is 2.19. The molecule has 1 saturated heterocycles. The minimum atomic E-state index is -0.377. The molecule has 4 rings (SSSR count). The van der Waals surface area contributed by atoms with Gasteiger partial charge in [-0.2, -0.15) is 0 Å². The molecule has 1 aromatic heterocycles. The lowest BCUT2D eigenvalue weighted by Gasteiger charge is -2.29. The summed E-state index contributed by atoms with van der Waals surface area (Å²) in [6.07, 6.45) is 0. The number of fused-ring (bicyclic) bond motifs is 1. The molecule has 2 aromatic carbocycles. The zero-order chi connectivity index (χ0) is 17.2. The Morgan fingerprint density at radius 3 is 2.52 bits per heavy atom. The third-order valence-electron chi connectivity index (χ3n) is 4.38. The summed E-state index contributed by atoms with van der Waals surface area (Å²) in [7, 11) is 0. The predicted molar refractivity (Wildman–Crippen MR) is 96.9 cm³/mol. The van der Waals surface area contributed by atoms with Crippen LogP contribution >= 0.6 is 0 Å². The van der Waals surface area contributed by atoms with Crippen LogP contribution in [0.5, 0.6) is 0 Å². The van der Waals surface area contributed by atoms with Crippen LogP contribution in [0.1, 0.15) is 0 Å². The average Bonchev–Trinajstić information content (AvgIpc) is 2.68. The zero-order valence-corrected chi connectivity index (χ0v) is 13.6. The van der Waals surface area contributed by atoms with Gasteiger partial charge >= 0.3 is 0 Å². The van der Waals surface area contributed by atoms with Crippen molar-refractivity contribution in [3.63, 3.8) is 0 Å². The summed E-state index contributed by atoms with van der Waals surface area (Å²) in [4.78, 5) is 17.7. The van der Waals surface area contributed by atoms with Crippen LogP contribution in [-0.2, 0) is 4.74 Å². The SMILES string of the molecule is O=[N+]([O-])c1ccc2nc(N3CCOCC3)c(-c3ccccc3)cc2c1. The number of pyridine rings is 1. The Balaban J connectivity index is 1.91. The molecular weight excluding hydrogens is 318 g/mol. The molecule has 6 nitrogen and oxygen atoms in total. The third-order valence-corrected chi connectivity index (χ3v) is 4.38. The zero-order valence-electron chi connectivity index (χ0n) is 13.6. The molecule has 0 bridgehead atoms. The number of hydrogen-bond donors (Lipinski definition) is 0. The summed E-state index contributed by atoms with van der Waals surface area (Å²) < 4.78 is 5.45. The molecule has 0 spiro atoms. The van der Waals surface area contributed by atoms with Crippen LogP contribution in [0.15, 0.2) is 54.6 Å². The van der Waals surface area contributed by atoms with Gasteiger partial charge in [0, 0.05) is 36.2 Å². The van der Waals surface area contributed by atoms with Crippen LogP contribution < -0.4 is 4.90 Å². The van der Waals surface area contributed by atoms with Gasteiger partial charge in [-0.05, 0) is 17.7 Å². The fourth-order valence-electron chi connectivity index (χ4n) is 3.11. The Morgan fingerprint density at radius 1 is 1.04 bits per heavy atom. The van der Waals surface area contributed by atoms with Gasteiger partial charge in [0.05, 0.1) is 23.7 Å². The van der Waals surface area contributed by atoms with Crippen LogP contribution in [0, 0.1) is 10.1 Å². The van der Waals surface area contributed by atoms with Crippen molar-refractivity contribution in [3.05, 3.63) is 64.7 Å². The number of anilines is 1. The molecule has 1 aliphatic heterocycles. The molecule has 1 aliphatic rings. The molecule has 0 atom stereocenters. The maximum absolute atomic E-state index is 11.1. The van der Waals surface area contributed by atoms with Gasteiger partial charge in [-0.25, -0.2) is 4.98 Å². The molecule has 0 amide bonds. The summed E-state index contributed by atoms with van der Waals surface area (Å²) in [6, 6.07) is 16.8. The van der Waals surface area contributed by atoms with Gasteiger partial charge in [0.2, 0.25) is 0 Å². The highest BCUT2D eigenvalue weighted by Crippen LogP contribution is 2.33. The van der Waals surface area contributed by atoms with Crippen molar-refractivity contribution >= 4 is 22.4 Å². The molecule has 3 aromatic rings. The number of hydrogen-bond acceptors (Lipinski definition) is 5. The minimum Gasteiger partial charge on any atom is -0.378 e. The Labute approximate surface area is 144 Å². The monoisotopic (exact) mass is 335 g/mol. The maximum Gasteiger partial charge on any atom is 0.270 e. The standard InChI is InChI=1S/C19H17N3O3/c23-22(24)16-6-7-18-15(12-16)13-17(14-4-2-1-3-5-14)19(20-18)21-8-10-25-11-9-21/h1-7,12-13H,8-11H2. The van der Waals surface area contributed by atoms with E-state index in [1.807, 2.05) is 36.4 Å². The van der Waals surface area contributed by atoms with Crippen molar-refractivity contribution in [2.24, 2.45) is 0 Å². The topological polar surface area (TPSA) is 68.5 Å². The first-order chi connectivity index (χ1) is 12.2. The highest BCUT2D eigenvalue weighted by molar-refractivity contribution is 5.91. The van der Waals surface area contributed by atoms with E-state index in [1.54, 1.807) is 12.1 Å². The number of ether oxygens (including phenoxy) is 1. The quantitative estimate of drug-likeness (QED) is 0.540. The van der Waals surface area contributed by atoms with E-state index in [0.29, 0.717) is 13.2 Å². The lowest BCUT2D eigenvalue weighted by Crippen LogP contribution is -2.37. The average molecular weight is 335 g/mol. The fourth-order valence-corrected chi connectivity index (χ4v) is 3.11. The molecule has 25 heavy (non-hydrogen) atoms. The van der Waals surface area contributed by atoms with E-state index in [0.717, 1.165) is 40.9 Å². The number of nitrogens with zero attached hydrogens (tertiary/aromatic N) is 3. The normalized spacial score (nSPS) is 14.6. The van der Waals surface area contributed by atoms with Gasteiger partial charge in [-0.15, -0.1) is 0 Å². The largest absolute Gasteiger partial charge is 0.378 e. The Hall–Kier alpha value is -2.99. The van der Waals surface area contributed by atoms with E-state index in [1.165, 1.54) is 6.07 Å². The van der Waals surface area contributed by atoms with Crippen LogP contribution in [0.4, 0.5) is 11.5 Å². The van der Waals surface area contributed by atoms with Crippen molar-refractivity contribution in [3.8, 4) is 11.1 Å². The molecule has 0 unspecified atom stereocenters. The smallest absolute Gasteiger partial charge is 0.270 e. The summed E-state index contributed by atoms with van der Waals surface area (Å²) in [5, 5.41) is 11.8. The number of morpholine rings is 1. The van der Waals surface area contributed by atoms with Gasteiger partial charge < -0.3 is 9.64 Å². The van der Waals surface area contributed by atoms with Crippen molar-refractivity contribution in [2.45, 2.75) is 0 Å². The first-order valence-corrected chi connectivity index (χ1v) is 8.20. The van der Waals surface area contributed by atoms with Gasteiger partial charge in [0.15, 0.2) is 0 Å². The van der Waals surface area contributed by atoms with E-state index in [4.69, 9.17) is 9.72 Å². The Morgan fingerprint density at radius 2 is 1.80 bits per heavy atom. The van der Waals surface area contributed by atoms with Gasteiger partial charge in [-0.3, -0.25) is 10.1 Å². The Bertz CT molecular complexity index is 922. The van der Waals surface area contributed by atoms with E-state index in [-0.39, 0.29) is 10.6 Å². The number of non-ortho nitro benzene ring substituents is 1. The second kappa shape index (κ2) is 6.49. The van der Waals surface area contributed by atoms with Crippen LogP contribution in [0.2, 0.25) is 0 Å². The molecule has 2 heterocycles. The molecule has 1 fully saturated rings. The van der Waals surface area contributed by atoms with Gasteiger partial charge in [0.1, 0.15) is 5.82 Å². The summed E-state index contributed by atoms with van der Waals surface area (Å²) in [5.74, 6) is 0.899. The van der Waals surface area contributed by atoms with Crippen molar-refractivity contribution in [1.82, 2.24) is 4.98 Å². The van der Waals surface area contributed by atoms with E-state index < -0.39 is 0 Å². The van der Waals surface area contributed by atoms with Crippen LogP contribution in [-0.4, -0.2) is 36.2 Å². The minimum absolute atomic E-state index is 0.0763. The molecule has 0 N–H and O–H groups in total. The van der Waals surface area contributed by atoms with Crippen LogP contribution in [0.3, 0.4) is 0 Å². The van der Waals surface area contributed by atoms with Crippen LogP contribution in [0.25, 0.3) is 22.0 Å². The second-order valence-electron chi connectivity index (χ2n) is 5.96. The number of rotatable bonds is 3. The number of nitro groups is 1. The molecule has 0 radical (unpaired) electrons. The van der Waals surface area contributed by atoms with Crippen molar-refractivity contribution < 1.29 is 9.66 Å². The molecular formula is C19H17N3O3. The first-order valence-electron chi connectivity index (χ1n) is 8.20. The van der Waals surface area contributed by atoms with Gasteiger partial charge in [0.25, 0.3) is 5.69 Å². The molecule has 0 saturated carbocycles. The predicted octanol–water partition coefficient (Wildman–Crippen LogP) is 3.65. The molecule has 126 valence electrons. The van der Waals surface area contributed by atoms with Crippen molar-refractivity contribution in [1.29, 1.82) is 0 Å². The second-order valence-corrected chi connectivity index (χ2v) is 5.96. The van der Waals surface area contributed by atoms with E-state index in [2.05, 4.69) is 4.90 Å². The van der Waals surface area contributed by atoms with E-state index >= 15 is 0 Å². The summed E-state index contributed by atoms with van der Waals surface area (Å²) in [6.45, 7) is 2.92. The molecule has 6 heteroatoms. The van der Waals surface area contributed by atoms with Gasteiger partial charge in [-0.1, -0.05) is 30.3 Å². The summed E-state index contributed by atoms with van der Waals surface area (Å²) >= 11 is 0. The fraction of sp³-hybridized carbons (Fsp3) is 0.211. The number of aromatic nitrogens is 1. The molecule has 0 aliphatic carbocycles. The summed E-state index contributed by atoms with van der Waals surface area (Å²) in [5.41, 5.74) is 2.86. The van der Waals surface area contributed by atoms with Crippen molar-refractivity contribution in [2.75, 3.05) is 31.2 Å². The Kier molecular flexibility index (Phi) is 4.03. The lowest BCUT2D eigenvalue weighted by atomic mass is 10.0. The maximum atomic E-state index is 11.1. The third kappa shape index (κ3) is 3.04. The first kappa shape index (κ1) is 15.5. The van der Waals surface area contributed by atoms with E-state index in [9.17, 15) is 10.1 Å². The number of nitro benzene ring substituents is 1.